The second-order valence-corrected chi connectivity index (χ2v) is 11.1. The fourth-order valence-electron chi connectivity index (χ4n) is 3.87. The molecule has 3 rings (SSSR count). The van der Waals surface area contributed by atoms with Crippen molar-refractivity contribution in [3.8, 4) is 0 Å². The normalized spacial score (nSPS) is 19.9. The zero-order valence-electron chi connectivity index (χ0n) is 18.4. The number of amides is 4. The molecule has 4 amide bonds. The summed E-state index contributed by atoms with van der Waals surface area (Å²) in [7, 11) is 0.619. The molecule has 2 aliphatic heterocycles. The van der Waals surface area contributed by atoms with Gasteiger partial charge in [-0.15, -0.1) is 0 Å². The zero-order chi connectivity index (χ0) is 22.9. The number of hydrogen-bond acceptors (Lipinski definition) is 6. The Labute approximate surface area is 183 Å². The van der Waals surface area contributed by atoms with Crippen LogP contribution in [0.3, 0.4) is 0 Å². The van der Waals surface area contributed by atoms with E-state index in [1.165, 1.54) is 11.0 Å². The number of fused-ring (bicyclic) bond motifs is 1. The number of rotatable bonds is 7. The molecule has 1 atom stereocenters. The van der Waals surface area contributed by atoms with Crippen molar-refractivity contribution < 1.29 is 22.8 Å². The van der Waals surface area contributed by atoms with Crippen LogP contribution in [0, 0.1) is 5.92 Å². The highest BCUT2D eigenvalue weighted by Crippen LogP contribution is 2.27. The Morgan fingerprint density at radius 1 is 1.16 bits per heavy atom. The molecule has 0 radical (unpaired) electrons. The molecular formula is C21H30N4O5S. The maximum absolute atomic E-state index is 13.0. The van der Waals surface area contributed by atoms with Gasteiger partial charge in [-0.05, 0) is 44.6 Å². The summed E-state index contributed by atoms with van der Waals surface area (Å²) in [5.74, 6) is -0.513. The van der Waals surface area contributed by atoms with Crippen molar-refractivity contribution in [3.05, 3.63) is 29.3 Å². The number of imide groups is 1. The quantitative estimate of drug-likeness (QED) is 0.631. The van der Waals surface area contributed by atoms with E-state index in [4.69, 9.17) is 0 Å². The average Bonchev–Trinajstić information content (AvgIpc) is 3.13. The first-order valence-electron chi connectivity index (χ1n) is 10.4. The van der Waals surface area contributed by atoms with Crippen molar-refractivity contribution in [1.29, 1.82) is 0 Å². The van der Waals surface area contributed by atoms with Crippen LogP contribution in [-0.2, 0) is 9.84 Å². The smallest absolute Gasteiger partial charge is 0.319 e. The minimum atomic E-state index is -3.15. The fourth-order valence-corrected chi connectivity index (χ4v) is 5.60. The summed E-state index contributed by atoms with van der Waals surface area (Å²) in [5.41, 5.74) is 0.994. The number of anilines is 1. The molecule has 1 saturated heterocycles. The third kappa shape index (κ3) is 5.24. The summed E-state index contributed by atoms with van der Waals surface area (Å²) >= 11 is 0. The minimum absolute atomic E-state index is 0.0464. The van der Waals surface area contributed by atoms with Crippen LogP contribution in [0.1, 0.15) is 41.0 Å². The lowest BCUT2D eigenvalue weighted by Gasteiger charge is -2.29. The van der Waals surface area contributed by atoms with Gasteiger partial charge in [0.05, 0.1) is 22.6 Å². The molecule has 2 heterocycles. The first-order valence-corrected chi connectivity index (χ1v) is 12.2. The van der Waals surface area contributed by atoms with E-state index in [9.17, 15) is 22.8 Å². The van der Waals surface area contributed by atoms with E-state index in [2.05, 4.69) is 5.32 Å². The van der Waals surface area contributed by atoms with Crippen LogP contribution in [0.4, 0.5) is 10.5 Å². The molecule has 170 valence electrons. The lowest BCUT2D eigenvalue weighted by atomic mass is 10.1. The number of sulfone groups is 1. The third-order valence-electron chi connectivity index (χ3n) is 5.47. The highest BCUT2D eigenvalue weighted by Gasteiger charge is 2.37. The topological polar surface area (TPSA) is 107 Å². The van der Waals surface area contributed by atoms with Gasteiger partial charge in [-0.2, -0.15) is 0 Å². The van der Waals surface area contributed by atoms with E-state index >= 15 is 0 Å². The van der Waals surface area contributed by atoms with E-state index in [0.717, 1.165) is 0 Å². The Morgan fingerprint density at radius 2 is 1.84 bits per heavy atom. The largest absolute Gasteiger partial charge is 0.322 e. The summed E-state index contributed by atoms with van der Waals surface area (Å²) < 4.78 is 23.8. The summed E-state index contributed by atoms with van der Waals surface area (Å²) in [6.45, 7) is 5.17. The lowest BCUT2D eigenvalue weighted by Crippen LogP contribution is -2.46. The first-order chi connectivity index (χ1) is 14.5. The van der Waals surface area contributed by atoms with Gasteiger partial charge in [0, 0.05) is 31.4 Å². The van der Waals surface area contributed by atoms with Crippen LogP contribution in [0.2, 0.25) is 0 Å². The first kappa shape index (κ1) is 23.2. The average molecular weight is 451 g/mol. The molecule has 1 fully saturated rings. The summed E-state index contributed by atoms with van der Waals surface area (Å²) in [5, 5.41) is 2.78. The minimum Gasteiger partial charge on any atom is -0.319 e. The zero-order valence-corrected chi connectivity index (χ0v) is 19.2. The van der Waals surface area contributed by atoms with Gasteiger partial charge in [0.2, 0.25) is 0 Å². The number of hydrogen-bond donors (Lipinski definition) is 1. The van der Waals surface area contributed by atoms with Crippen molar-refractivity contribution in [2.45, 2.75) is 26.3 Å². The number of benzene rings is 1. The van der Waals surface area contributed by atoms with Gasteiger partial charge >= 0.3 is 6.03 Å². The molecule has 2 aliphatic rings. The van der Waals surface area contributed by atoms with Crippen molar-refractivity contribution in [2.75, 3.05) is 50.6 Å². The molecule has 31 heavy (non-hydrogen) atoms. The van der Waals surface area contributed by atoms with Crippen LogP contribution in [0.25, 0.3) is 0 Å². The van der Waals surface area contributed by atoms with Crippen LogP contribution in [0.5, 0.6) is 0 Å². The van der Waals surface area contributed by atoms with E-state index in [-0.39, 0.29) is 40.8 Å². The molecule has 0 saturated carbocycles. The standard InChI is InChI=1S/C21H30N4O5S/c1-14(2)12-25-19(26)17-6-5-15(11-18(17)20(25)27)22-21(28)24(9-8-23(3)4)16-7-10-31(29,30)13-16/h5-6,11,14,16H,7-10,12-13H2,1-4H3,(H,22,28). The van der Waals surface area contributed by atoms with Gasteiger partial charge in [0.1, 0.15) is 0 Å². The highest BCUT2D eigenvalue weighted by atomic mass is 32.2. The molecule has 10 heteroatoms. The Bertz CT molecular complexity index is 989. The van der Waals surface area contributed by atoms with Crippen molar-refractivity contribution in [3.63, 3.8) is 0 Å². The van der Waals surface area contributed by atoms with Gasteiger partial charge in [-0.25, -0.2) is 13.2 Å². The summed E-state index contributed by atoms with van der Waals surface area (Å²) in [6, 6.07) is 3.86. The van der Waals surface area contributed by atoms with E-state index in [0.29, 0.717) is 37.3 Å². The summed E-state index contributed by atoms with van der Waals surface area (Å²) in [6.07, 6.45) is 0.407. The number of carbonyl (C=O) groups is 3. The number of nitrogens with zero attached hydrogens (tertiary/aromatic N) is 3. The second kappa shape index (κ2) is 8.96. The third-order valence-corrected chi connectivity index (χ3v) is 7.22. The molecule has 1 unspecified atom stereocenters. The molecular weight excluding hydrogens is 420 g/mol. The Hall–Kier alpha value is -2.46. The predicted molar refractivity (Wildman–Crippen MR) is 118 cm³/mol. The van der Waals surface area contributed by atoms with Crippen LogP contribution in [-0.4, -0.2) is 92.2 Å². The van der Waals surface area contributed by atoms with Gasteiger partial charge in [0.15, 0.2) is 9.84 Å². The fraction of sp³-hybridized carbons (Fsp3) is 0.571. The number of urea groups is 1. The lowest BCUT2D eigenvalue weighted by molar-refractivity contribution is 0.0636. The molecule has 0 aliphatic carbocycles. The van der Waals surface area contributed by atoms with E-state index in [1.807, 2.05) is 32.8 Å². The second-order valence-electron chi connectivity index (χ2n) is 8.86. The molecule has 0 spiro atoms. The van der Waals surface area contributed by atoms with E-state index < -0.39 is 15.9 Å². The molecule has 0 aromatic heterocycles. The molecule has 1 N–H and O–H groups in total. The number of likely N-dealkylation sites (N-methyl/N-ethyl adjacent to an activating group) is 1. The maximum Gasteiger partial charge on any atom is 0.322 e. The SMILES string of the molecule is CC(C)CN1C(=O)c2ccc(NC(=O)N(CCN(C)C)C3CCS(=O)(=O)C3)cc2C1=O. The Balaban J connectivity index is 1.78. The molecule has 1 aromatic rings. The van der Waals surface area contributed by atoms with Crippen LogP contribution >= 0.6 is 0 Å². The predicted octanol–water partition coefficient (Wildman–Crippen LogP) is 1.52. The van der Waals surface area contributed by atoms with Crippen molar-refractivity contribution in [1.82, 2.24) is 14.7 Å². The van der Waals surface area contributed by atoms with Crippen LogP contribution in [0.15, 0.2) is 18.2 Å². The van der Waals surface area contributed by atoms with Gasteiger partial charge in [-0.1, -0.05) is 13.8 Å². The summed E-state index contributed by atoms with van der Waals surface area (Å²) in [4.78, 5) is 42.9. The number of nitrogens with one attached hydrogen (secondary N) is 1. The van der Waals surface area contributed by atoms with Gasteiger partial charge < -0.3 is 15.1 Å². The highest BCUT2D eigenvalue weighted by molar-refractivity contribution is 7.91. The monoisotopic (exact) mass is 450 g/mol. The number of carbonyl (C=O) groups excluding carboxylic acids is 3. The molecule has 1 aromatic carbocycles. The van der Waals surface area contributed by atoms with Gasteiger partial charge in [0.25, 0.3) is 11.8 Å². The molecule has 0 bridgehead atoms. The maximum atomic E-state index is 13.0. The van der Waals surface area contributed by atoms with E-state index in [1.54, 1.807) is 17.0 Å². The molecule has 9 nitrogen and oxygen atoms in total. The Kier molecular flexibility index (Phi) is 6.70. The van der Waals surface area contributed by atoms with Crippen molar-refractivity contribution >= 4 is 33.4 Å². The van der Waals surface area contributed by atoms with Crippen molar-refractivity contribution in [2.24, 2.45) is 5.92 Å². The Morgan fingerprint density at radius 3 is 2.42 bits per heavy atom. The van der Waals surface area contributed by atoms with Gasteiger partial charge in [-0.3, -0.25) is 14.5 Å². The van der Waals surface area contributed by atoms with Crippen LogP contribution < -0.4 is 5.32 Å².